The molecule has 0 amide bonds. The molecule has 138 valence electrons. The van der Waals surface area contributed by atoms with Gasteiger partial charge in [-0.3, -0.25) is 0 Å². The lowest BCUT2D eigenvalue weighted by molar-refractivity contribution is 0.706. The molecule has 0 aromatic heterocycles. The number of benzene rings is 3. The highest BCUT2D eigenvalue weighted by atomic mass is 31.1. The van der Waals surface area contributed by atoms with Gasteiger partial charge in [-0.2, -0.15) is 0 Å². The van der Waals surface area contributed by atoms with Gasteiger partial charge in [0.2, 0.25) is 0 Å². The van der Waals surface area contributed by atoms with Crippen molar-refractivity contribution in [2.45, 2.75) is 37.5 Å². The van der Waals surface area contributed by atoms with Crippen LogP contribution in [0.4, 0.5) is 0 Å². The minimum absolute atomic E-state index is 0.0116. The Kier molecular flexibility index (Phi) is 6.39. The largest absolute Gasteiger partial charge is 0.0721 e. The summed E-state index contributed by atoms with van der Waals surface area (Å²) in [5.41, 5.74) is 1.59. The molecule has 0 aliphatic carbocycles. The Bertz CT molecular complexity index is 777. The van der Waals surface area contributed by atoms with Gasteiger partial charge in [-0.25, -0.2) is 0 Å². The lowest BCUT2D eigenvalue weighted by Gasteiger charge is -2.30. The van der Waals surface area contributed by atoms with E-state index in [2.05, 4.69) is 97.9 Å². The van der Waals surface area contributed by atoms with Gasteiger partial charge >= 0.3 is 0 Å². The van der Waals surface area contributed by atoms with E-state index in [-0.39, 0.29) is 15.8 Å². The molecule has 1 fully saturated rings. The zero-order chi connectivity index (χ0) is 18.5. The molecule has 1 aliphatic rings. The molecule has 3 aromatic carbocycles. The summed E-state index contributed by atoms with van der Waals surface area (Å²) in [6.07, 6.45) is 5.60. The second-order valence-electron chi connectivity index (χ2n) is 7.45. The van der Waals surface area contributed by atoms with E-state index in [0.29, 0.717) is 5.66 Å². The summed E-state index contributed by atoms with van der Waals surface area (Å²) >= 11 is 0. The van der Waals surface area contributed by atoms with Crippen LogP contribution < -0.4 is 15.9 Å². The van der Waals surface area contributed by atoms with E-state index in [1.54, 1.807) is 5.30 Å². The standard InChI is InChI=1S/C25H28P2/c1-21(20-25-18-11-19-26(25)22-12-5-2-6-13-22)27(23-14-7-3-8-15-23)24-16-9-4-10-17-24/h2-10,12-17,21,25H,11,18-20H2,1H3/t21?,25?,26-/m0/s1. The van der Waals surface area contributed by atoms with Crippen LogP contribution in [0.15, 0.2) is 91.0 Å². The van der Waals surface area contributed by atoms with E-state index in [0.717, 1.165) is 5.66 Å². The predicted molar refractivity (Wildman–Crippen MR) is 124 cm³/mol. The quantitative estimate of drug-likeness (QED) is 0.462. The molecule has 27 heavy (non-hydrogen) atoms. The average molecular weight is 390 g/mol. The van der Waals surface area contributed by atoms with Crippen molar-refractivity contribution in [2.24, 2.45) is 0 Å². The van der Waals surface area contributed by atoms with E-state index in [4.69, 9.17) is 0 Å². The second kappa shape index (κ2) is 9.14. The van der Waals surface area contributed by atoms with E-state index in [1.807, 2.05) is 0 Å². The van der Waals surface area contributed by atoms with Gasteiger partial charge in [0.05, 0.1) is 0 Å². The highest BCUT2D eigenvalue weighted by Gasteiger charge is 2.32. The van der Waals surface area contributed by atoms with Crippen LogP contribution in [0.2, 0.25) is 0 Å². The van der Waals surface area contributed by atoms with Gasteiger partial charge in [0.15, 0.2) is 0 Å². The van der Waals surface area contributed by atoms with Crippen LogP contribution in [0.5, 0.6) is 0 Å². The predicted octanol–water partition coefficient (Wildman–Crippen LogP) is 5.87. The molecule has 0 radical (unpaired) electrons. The van der Waals surface area contributed by atoms with Crippen LogP contribution in [-0.4, -0.2) is 17.5 Å². The Morgan fingerprint density at radius 2 is 1.33 bits per heavy atom. The van der Waals surface area contributed by atoms with Crippen LogP contribution in [-0.2, 0) is 0 Å². The summed E-state index contributed by atoms with van der Waals surface area (Å²) in [7, 11) is -0.294. The smallest absolute Gasteiger partial charge is 0.0151 e. The van der Waals surface area contributed by atoms with Crippen molar-refractivity contribution in [1.82, 2.24) is 0 Å². The van der Waals surface area contributed by atoms with Gasteiger partial charge in [0.25, 0.3) is 0 Å². The number of hydrogen-bond acceptors (Lipinski definition) is 0. The monoisotopic (exact) mass is 390 g/mol. The lowest BCUT2D eigenvalue weighted by Crippen LogP contribution is -2.23. The van der Waals surface area contributed by atoms with Crippen molar-refractivity contribution in [3.63, 3.8) is 0 Å². The average Bonchev–Trinajstić information content (AvgIpc) is 3.18. The third-order valence-electron chi connectivity index (χ3n) is 5.59. The summed E-state index contributed by atoms with van der Waals surface area (Å²) in [5, 5.41) is 4.66. The maximum absolute atomic E-state index is 2.50. The fourth-order valence-electron chi connectivity index (χ4n) is 4.37. The first-order chi connectivity index (χ1) is 13.3. The first kappa shape index (κ1) is 18.9. The van der Waals surface area contributed by atoms with E-state index in [1.165, 1.54) is 36.0 Å². The van der Waals surface area contributed by atoms with Crippen LogP contribution >= 0.6 is 15.8 Å². The molecule has 0 N–H and O–H groups in total. The minimum atomic E-state index is -0.306. The van der Waals surface area contributed by atoms with E-state index in [9.17, 15) is 0 Å². The Labute approximate surface area is 166 Å². The summed E-state index contributed by atoms with van der Waals surface area (Å²) in [4.78, 5) is 0. The molecule has 4 rings (SSSR count). The number of rotatable bonds is 6. The maximum atomic E-state index is 2.50. The molecular weight excluding hydrogens is 362 g/mol. The van der Waals surface area contributed by atoms with Crippen LogP contribution in [0.1, 0.15) is 26.2 Å². The molecule has 0 nitrogen and oxygen atoms in total. The Balaban J connectivity index is 1.58. The molecule has 0 saturated carbocycles. The van der Waals surface area contributed by atoms with Gasteiger partial charge in [-0.05, 0) is 60.6 Å². The van der Waals surface area contributed by atoms with Crippen molar-refractivity contribution in [2.75, 3.05) is 6.16 Å². The molecule has 1 saturated heterocycles. The lowest BCUT2D eigenvalue weighted by atomic mass is 10.2. The van der Waals surface area contributed by atoms with E-state index >= 15 is 0 Å². The fourth-order valence-corrected chi connectivity index (χ4v) is 10.5. The Morgan fingerprint density at radius 3 is 1.89 bits per heavy atom. The summed E-state index contributed by atoms with van der Waals surface area (Å²) in [5.74, 6) is 0. The van der Waals surface area contributed by atoms with Crippen LogP contribution in [0, 0.1) is 0 Å². The van der Waals surface area contributed by atoms with Gasteiger partial charge in [-0.15, -0.1) is 0 Å². The first-order valence-corrected chi connectivity index (χ1v) is 13.0. The molecule has 3 atom stereocenters. The van der Waals surface area contributed by atoms with Crippen LogP contribution in [0.3, 0.4) is 0 Å². The molecule has 2 unspecified atom stereocenters. The van der Waals surface area contributed by atoms with Gasteiger partial charge < -0.3 is 0 Å². The molecule has 2 heteroatoms. The topological polar surface area (TPSA) is 0 Å². The number of hydrogen-bond donors (Lipinski definition) is 0. The third kappa shape index (κ3) is 4.51. The zero-order valence-electron chi connectivity index (χ0n) is 16.0. The van der Waals surface area contributed by atoms with Crippen molar-refractivity contribution in [3.05, 3.63) is 91.0 Å². The molecule has 1 heterocycles. The zero-order valence-corrected chi connectivity index (χ0v) is 17.8. The second-order valence-corrected chi connectivity index (χ2v) is 12.7. The summed E-state index contributed by atoms with van der Waals surface area (Å²) in [6, 6.07) is 33.8. The van der Waals surface area contributed by atoms with Crippen molar-refractivity contribution < 1.29 is 0 Å². The molecule has 1 aliphatic heterocycles. The van der Waals surface area contributed by atoms with E-state index < -0.39 is 0 Å². The molecule has 0 bridgehead atoms. The maximum Gasteiger partial charge on any atom is -0.0151 e. The minimum Gasteiger partial charge on any atom is -0.0721 e. The molecule has 0 spiro atoms. The first-order valence-electron chi connectivity index (χ1n) is 10.0. The van der Waals surface area contributed by atoms with Crippen molar-refractivity contribution >= 4 is 31.8 Å². The van der Waals surface area contributed by atoms with Crippen LogP contribution in [0.25, 0.3) is 0 Å². The van der Waals surface area contributed by atoms with Gasteiger partial charge in [-0.1, -0.05) is 106 Å². The summed E-state index contributed by atoms with van der Waals surface area (Å²) in [6.45, 7) is 2.50. The van der Waals surface area contributed by atoms with Gasteiger partial charge in [0.1, 0.15) is 0 Å². The highest BCUT2D eigenvalue weighted by Crippen LogP contribution is 2.53. The Hall–Kier alpha value is -1.48. The van der Waals surface area contributed by atoms with Gasteiger partial charge in [0, 0.05) is 0 Å². The highest BCUT2D eigenvalue weighted by molar-refractivity contribution is 7.73. The van der Waals surface area contributed by atoms with Crippen molar-refractivity contribution in [1.29, 1.82) is 0 Å². The van der Waals surface area contributed by atoms with Crippen molar-refractivity contribution in [3.8, 4) is 0 Å². The third-order valence-corrected chi connectivity index (χ3v) is 11.5. The normalized spacial score (nSPS) is 20.7. The SMILES string of the molecule is CC(CC1CCC[P@@]1c1ccccc1)P(c1ccccc1)c1ccccc1. The fraction of sp³-hybridized carbons (Fsp3) is 0.280. The Morgan fingerprint density at radius 1 is 0.815 bits per heavy atom. The molecular formula is C25H28P2. The molecule has 3 aromatic rings. The summed E-state index contributed by atoms with van der Waals surface area (Å²) < 4.78 is 0.